The van der Waals surface area contributed by atoms with Gasteiger partial charge in [-0.05, 0) is 115 Å². The van der Waals surface area contributed by atoms with Crippen LogP contribution in [-0.4, -0.2) is 6.29 Å². The lowest BCUT2D eigenvalue weighted by Gasteiger charge is -2.72. The number of aldehydes is 1. The van der Waals surface area contributed by atoms with Crippen LogP contribution in [-0.2, 0) is 4.79 Å². The Labute approximate surface area is 198 Å². The maximum atomic E-state index is 12.6. The first-order valence-electron chi connectivity index (χ1n) is 14.1. The Morgan fingerprint density at radius 2 is 1.53 bits per heavy atom. The van der Waals surface area contributed by atoms with Crippen LogP contribution in [0.15, 0.2) is 11.1 Å². The number of carbonyl (C=O) groups excluding carboxylic acids is 1. The summed E-state index contributed by atoms with van der Waals surface area (Å²) in [6.45, 7) is 20.6. The Morgan fingerprint density at radius 1 is 0.812 bits per heavy atom. The number of hydrogen-bond donors (Lipinski definition) is 0. The second-order valence-electron chi connectivity index (χ2n) is 14.7. The largest absolute Gasteiger partial charge is 0.302 e. The first-order chi connectivity index (χ1) is 14.9. The highest BCUT2D eigenvalue weighted by Crippen LogP contribution is 2.76. The fourth-order valence-electron chi connectivity index (χ4n) is 11.1. The molecule has 5 rings (SSSR count). The molecule has 1 nitrogen and oxygen atoms in total. The van der Waals surface area contributed by atoms with Crippen LogP contribution in [0.3, 0.4) is 0 Å². The Balaban J connectivity index is 1.59. The van der Waals surface area contributed by atoms with Crippen molar-refractivity contribution in [3.05, 3.63) is 11.1 Å². The molecule has 0 saturated heterocycles. The van der Waals surface area contributed by atoms with Crippen molar-refractivity contribution in [2.75, 3.05) is 0 Å². The summed E-state index contributed by atoms with van der Waals surface area (Å²) in [4.78, 5) is 12.6. The maximum absolute atomic E-state index is 12.6. The summed E-state index contributed by atoms with van der Waals surface area (Å²) in [5, 5.41) is 0. The van der Waals surface area contributed by atoms with E-state index in [1.807, 2.05) is 0 Å². The molecule has 0 aliphatic heterocycles. The molecule has 4 fully saturated rings. The molecule has 5 aliphatic rings. The third kappa shape index (κ3) is 2.61. The minimum Gasteiger partial charge on any atom is -0.302 e. The van der Waals surface area contributed by atoms with E-state index in [0.29, 0.717) is 33.5 Å². The molecule has 0 aromatic rings. The summed E-state index contributed by atoms with van der Waals surface area (Å²) in [7, 11) is 0. The third-order valence-electron chi connectivity index (χ3n) is 13.5. The molecule has 32 heavy (non-hydrogen) atoms. The quantitative estimate of drug-likeness (QED) is 0.311. The lowest BCUT2D eigenvalue weighted by atomic mass is 9.32. The Morgan fingerprint density at radius 3 is 2.19 bits per heavy atom. The molecule has 0 spiro atoms. The summed E-state index contributed by atoms with van der Waals surface area (Å²) in [5.41, 5.74) is 4.92. The van der Waals surface area contributed by atoms with E-state index in [0.717, 1.165) is 30.6 Å². The van der Waals surface area contributed by atoms with Crippen LogP contribution in [0.2, 0.25) is 0 Å². The lowest BCUT2D eigenvalue weighted by Crippen LogP contribution is -2.65. The van der Waals surface area contributed by atoms with E-state index in [4.69, 9.17) is 0 Å². The zero-order valence-corrected chi connectivity index (χ0v) is 22.4. The van der Waals surface area contributed by atoms with E-state index < -0.39 is 0 Å². The van der Waals surface area contributed by atoms with Crippen molar-refractivity contribution in [2.24, 2.45) is 56.7 Å². The van der Waals surface area contributed by atoms with Crippen LogP contribution < -0.4 is 0 Å². The van der Waals surface area contributed by atoms with Gasteiger partial charge in [0, 0.05) is 5.41 Å². The van der Waals surface area contributed by atoms with E-state index in [1.54, 1.807) is 11.1 Å². The molecule has 0 amide bonds. The van der Waals surface area contributed by atoms with E-state index in [1.165, 1.54) is 57.7 Å². The van der Waals surface area contributed by atoms with Gasteiger partial charge in [-0.15, -0.1) is 0 Å². The Hall–Kier alpha value is -0.590. The van der Waals surface area contributed by atoms with E-state index >= 15 is 0 Å². The number of rotatable bonds is 2. The van der Waals surface area contributed by atoms with Crippen molar-refractivity contribution in [2.45, 2.75) is 120 Å². The van der Waals surface area contributed by atoms with Crippen LogP contribution in [0.25, 0.3) is 0 Å². The van der Waals surface area contributed by atoms with Gasteiger partial charge >= 0.3 is 0 Å². The van der Waals surface area contributed by atoms with Crippen molar-refractivity contribution < 1.29 is 4.79 Å². The molecule has 0 aromatic carbocycles. The highest BCUT2D eigenvalue weighted by atomic mass is 16.1. The first-order valence-corrected chi connectivity index (χ1v) is 14.1. The van der Waals surface area contributed by atoms with E-state index in [2.05, 4.69) is 55.4 Å². The molecule has 0 aromatic heterocycles. The summed E-state index contributed by atoms with van der Waals surface area (Å²) in [5.74, 6) is 3.78. The van der Waals surface area contributed by atoms with Crippen LogP contribution in [0.1, 0.15) is 120 Å². The number of fused-ring (bicyclic) bond motifs is 7. The van der Waals surface area contributed by atoms with Crippen molar-refractivity contribution in [1.82, 2.24) is 0 Å². The molecule has 4 saturated carbocycles. The third-order valence-corrected chi connectivity index (χ3v) is 13.5. The summed E-state index contributed by atoms with van der Waals surface area (Å²) in [6, 6.07) is 0. The normalized spacial score (nSPS) is 52.2. The number of allylic oxidation sites excluding steroid dienone is 2. The van der Waals surface area contributed by atoms with Gasteiger partial charge < -0.3 is 4.79 Å². The lowest BCUT2D eigenvalue weighted by molar-refractivity contribution is -0.219. The van der Waals surface area contributed by atoms with Gasteiger partial charge in [0.15, 0.2) is 0 Å². The van der Waals surface area contributed by atoms with Crippen molar-refractivity contribution in [3.8, 4) is 0 Å². The van der Waals surface area contributed by atoms with Crippen LogP contribution >= 0.6 is 0 Å². The van der Waals surface area contributed by atoms with Crippen molar-refractivity contribution in [3.63, 3.8) is 0 Å². The van der Waals surface area contributed by atoms with Crippen molar-refractivity contribution >= 4 is 6.29 Å². The smallest absolute Gasteiger partial charge is 0.130 e. The zero-order valence-electron chi connectivity index (χ0n) is 22.4. The van der Waals surface area contributed by atoms with Gasteiger partial charge in [0.2, 0.25) is 0 Å². The molecule has 180 valence electrons. The van der Waals surface area contributed by atoms with Crippen molar-refractivity contribution in [1.29, 1.82) is 0 Å². The summed E-state index contributed by atoms with van der Waals surface area (Å²) >= 11 is 0. The predicted octanol–water partition coefficient (Wildman–Crippen LogP) is 8.62. The van der Waals surface area contributed by atoms with Crippen LogP contribution in [0.5, 0.6) is 0 Å². The molecule has 5 aliphatic carbocycles. The monoisotopic (exact) mass is 438 g/mol. The zero-order chi connectivity index (χ0) is 23.3. The van der Waals surface area contributed by atoms with Gasteiger partial charge in [-0.1, -0.05) is 66.5 Å². The Bertz CT molecular complexity index is 833. The average Bonchev–Trinajstić information content (AvgIpc) is 3.12. The molecular formula is C31H50O. The van der Waals surface area contributed by atoms with Gasteiger partial charge in [-0.3, -0.25) is 0 Å². The van der Waals surface area contributed by atoms with Crippen LogP contribution in [0, 0.1) is 56.7 Å². The summed E-state index contributed by atoms with van der Waals surface area (Å²) < 4.78 is 0. The first kappa shape index (κ1) is 23.2. The second-order valence-corrected chi connectivity index (χ2v) is 14.7. The molecule has 0 N–H and O–H groups in total. The number of hydrogen-bond acceptors (Lipinski definition) is 1. The SMILES string of the molecule is CC(C)C1=C2[C@H]3CC[C@@H]4[C@@]5(C)CC[C@H](C)C(C)(C)[C@H]5CC[C@@]4(C)[C@]3(C)CC[C@@]2(C=O)CC1. The molecule has 8 atom stereocenters. The summed E-state index contributed by atoms with van der Waals surface area (Å²) in [6.07, 6.45) is 14.4. The highest BCUT2D eigenvalue weighted by Gasteiger charge is 2.69. The highest BCUT2D eigenvalue weighted by molar-refractivity contribution is 5.69. The molecule has 0 radical (unpaired) electrons. The number of carbonyl (C=O) groups is 1. The fraction of sp³-hybridized carbons (Fsp3) is 0.903. The molecule has 0 heterocycles. The minimum atomic E-state index is -0.115. The van der Waals surface area contributed by atoms with Crippen LogP contribution in [0.4, 0.5) is 0 Å². The average molecular weight is 439 g/mol. The molecule has 0 bridgehead atoms. The van der Waals surface area contributed by atoms with E-state index in [9.17, 15) is 4.79 Å². The fourth-order valence-corrected chi connectivity index (χ4v) is 11.1. The maximum Gasteiger partial charge on any atom is 0.130 e. The van der Waals surface area contributed by atoms with E-state index in [-0.39, 0.29) is 5.41 Å². The topological polar surface area (TPSA) is 17.1 Å². The molecule has 0 unspecified atom stereocenters. The van der Waals surface area contributed by atoms with Gasteiger partial charge in [-0.2, -0.15) is 0 Å². The van der Waals surface area contributed by atoms with Gasteiger partial charge in [-0.25, -0.2) is 0 Å². The van der Waals surface area contributed by atoms with Gasteiger partial charge in [0.25, 0.3) is 0 Å². The molecular weight excluding hydrogens is 388 g/mol. The standard InChI is InChI=1S/C31H50O/c1-20(2)22-12-16-31(19-32)18-17-29(7)23(26(22)31)9-10-25-28(6)14-11-21(3)27(4,5)24(28)13-15-30(25,29)8/h19-21,23-25H,9-18H2,1-8H3/t21-,23+,24+,25+,28-,29+,30+,31+/m0/s1. The predicted molar refractivity (Wildman–Crippen MR) is 134 cm³/mol. The van der Waals surface area contributed by atoms with Gasteiger partial charge in [0.1, 0.15) is 6.29 Å². The van der Waals surface area contributed by atoms with Gasteiger partial charge in [0.05, 0.1) is 0 Å². The Kier molecular flexibility index (Phi) is 5.05. The molecule has 1 heteroatoms. The minimum absolute atomic E-state index is 0.115. The second kappa shape index (κ2) is 6.97.